The lowest BCUT2D eigenvalue weighted by atomic mass is 9.98. The van der Waals surface area contributed by atoms with Crippen LogP contribution in [0.4, 0.5) is 5.00 Å². The van der Waals surface area contributed by atoms with Gasteiger partial charge in [0.05, 0.1) is 15.4 Å². The lowest BCUT2D eigenvalue weighted by molar-refractivity contribution is 0.0829. The molecule has 1 amide bonds. The molecule has 1 aliphatic rings. The van der Waals surface area contributed by atoms with Gasteiger partial charge in [-0.2, -0.15) is 0 Å². The van der Waals surface area contributed by atoms with Gasteiger partial charge in [0.25, 0.3) is 5.91 Å². The molecular weight excluding hydrogens is 260 g/mol. The first-order valence-electron chi connectivity index (χ1n) is 5.94. The van der Waals surface area contributed by atoms with Crippen LogP contribution in [-0.2, 0) is 6.61 Å². The predicted molar refractivity (Wildman–Crippen MR) is 76.5 cm³/mol. The molecule has 2 aromatic rings. The number of ether oxygens (including phenoxy) is 1. The first kappa shape index (κ1) is 12.0. The summed E-state index contributed by atoms with van der Waals surface area (Å²) >= 11 is 1.43. The molecule has 1 aromatic carbocycles. The van der Waals surface area contributed by atoms with Gasteiger partial charge in [0, 0.05) is 25.2 Å². The van der Waals surface area contributed by atoms with E-state index in [1.807, 2.05) is 24.3 Å². The van der Waals surface area contributed by atoms with Gasteiger partial charge in [-0.15, -0.1) is 11.3 Å². The maximum Gasteiger partial charge on any atom is 0.256 e. The Hall–Kier alpha value is -2.01. The van der Waals surface area contributed by atoms with Crippen molar-refractivity contribution in [1.82, 2.24) is 4.90 Å². The van der Waals surface area contributed by atoms with Crippen molar-refractivity contribution >= 4 is 22.2 Å². The van der Waals surface area contributed by atoms with Gasteiger partial charge in [0.15, 0.2) is 0 Å². The van der Waals surface area contributed by atoms with Crippen LogP contribution in [0.1, 0.15) is 15.2 Å². The van der Waals surface area contributed by atoms with Crippen LogP contribution in [0.15, 0.2) is 24.3 Å². The third-order valence-electron chi connectivity index (χ3n) is 3.14. The molecule has 0 aliphatic carbocycles. The number of hydrogen-bond donors (Lipinski definition) is 1. The first-order chi connectivity index (χ1) is 9.09. The molecule has 3 rings (SSSR count). The highest BCUT2D eigenvalue weighted by molar-refractivity contribution is 7.17. The average Bonchev–Trinajstić information content (AvgIpc) is 2.74. The molecule has 1 aliphatic heterocycles. The fourth-order valence-corrected chi connectivity index (χ4v) is 3.25. The molecule has 0 radical (unpaired) electrons. The van der Waals surface area contributed by atoms with Crippen molar-refractivity contribution in [3.8, 4) is 16.9 Å². The quantitative estimate of drug-likeness (QED) is 0.869. The molecule has 0 bridgehead atoms. The van der Waals surface area contributed by atoms with Crippen molar-refractivity contribution in [2.24, 2.45) is 0 Å². The number of amides is 1. The Balaban J connectivity index is 2.26. The number of nitrogens with zero attached hydrogens (tertiary/aromatic N) is 1. The van der Waals surface area contributed by atoms with Crippen molar-refractivity contribution in [1.29, 1.82) is 0 Å². The monoisotopic (exact) mass is 274 g/mol. The predicted octanol–water partition coefficient (Wildman–Crippen LogP) is 2.59. The zero-order chi connectivity index (χ0) is 13.6. The van der Waals surface area contributed by atoms with E-state index in [4.69, 9.17) is 10.5 Å². The van der Waals surface area contributed by atoms with Crippen LogP contribution < -0.4 is 10.5 Å². The van der Waals surface area contributed by atoms with Crippen LogP contribution in [0.5, 0.6) is 5.75 Å². The standard InChI is InChI=1S/C14H14N2O2S/c1-16(2)14(17)12-11-8-5-3-4-6-9(8)18-7-10(11)19-13(12)15/h3-6H,7,15H2,1-2H3. The molecule has 1 aromatic heterocycles. The van der Waals surface area contributed by atoms with E-state index >= 15 is 0 Å². The molecule has 2 N–H and O–H groups in total. The number of anilines is 1. The molecule has 0 unspecified atom stereocenters. The smallest absolute Gasteiger partial charge is 0.256 e. The van der Waals surface area contributed by atoms with Crippen molar-refractivity contribution in [2.75, 3.05) is 19.8 Å². The Bertz CT molecular complexity index is 661. The fraction of sp³-hybridized carbons (Fsp3) is 0.214. The van der Waals surface area contributed by atoms with Crippen molar-refractivity contribution in [3.63, 3.8) is 0 Å². The third-order valence-corrected chi connectivity index (χ3v) is 4.14. The summed E-state index contributed by atoms with van der Waals surface area (Å²) in [5.41, 5.74) is 8.51. The van der Waals surface area contributed by atoms with E-state index in [9.17, 15) is 4.79 Å². The number of nitrogens with two attached hydrogens (primary N) is 1. The Labute approximate surface area is 115 Å². The number of hydrogen-bond acceptors (Lipinski definition) is 4. The number of fused-ring (bicyclic) bond motifs is 3. The van der Waals surface area contributed by atoms with Gasteiger partial charge in [-0.3, -0.25) is 4.79 Å². The minimum Gasteiger partial charge on any atom is -0.487 e. The molecule has 0 saturated carbocycles. The SMILES string of the molecule is CN(C)C(=O)c1c(N)sc2c1-c1ccccc1OC2. The average molecular weight is 274 g/mol. The summed E-state index contributed by atoms with van der Waals surface area (Å²) in [7, 11) is 3.47. The Kier molecular flexibility index (Phi) is 2.71. The molecule has 4 nitrogen and oxygen atoms in total. The molecular formula is C14H14N2O2S. The Morgan fingerprint density at radius 3 is 2.84 bits per heavy atom. The number of carbonyl (C=O) groups is 1. The molecule has 0 atom stereocenters. The second-order valence-electron chi connectivity index (χ2n) is 4.62. The van der Waals surface area contributed by atoms with Crippen molar-refractivity contribution < 1.29 is 9.53 Å². The molecule has 19 heavy (non-hydrogen) atoms. The molecule has 0 spiro atoms. The van der Waals surface area contributed by atoms with E-state index in [0.29, 0.717) is 17.2 Å². The van der Waals surface area contributed by atoms with Crippen molar-refractivity contribution in [2.45, 2.75) is 6.61 Å². The Morgan fingerprint density at radius 1 is 1.37 bits per heavy atom. The number of para-hydroxylation sites is 1. The molecule has 0 saturated heterocycles. The number of rotatable bonds is 1. The second kappa shape index (κ2) is 4.28. The van der Waals surface area contributed by atoms with E-state index in [1.165, 1.54) is 11.3 Å². The van der Waals surface area contributed by atoms with E-state index in [1.54, 1.807) is 19.0 Å². The lowest BCUT2D eigenvalue weighted by Crippen LogP contribution is -2.23. The maximum atomic E-state index is 12.3. The topological polar surface area (TPSA) is 55.6 Å². The van der Waals surface area contributed by atoms with Gasteiger partial charge in [0.2, 0.25) is 0 Å². The fourth-order valence-electron chi connectivity index (χ4n) is 2.26. The summed E-state index contributed by atoms with van der Waals surface area (Å²) in [6.07, 6.45) is 0. The van der Waals surface area contributed by atoms with Gasteiger partial charge >= 0.3 is 0 Å². The summed E-state index contributed by atoms with van der Waals surface area (Å²) < 4.78 is 5.69. The number of thiophene rings is 1. The van der Waals surface area contributed by atoms with Crippen LogP contribution in [0.2, 0.25) is 0 Å². The zero-order valence-electron chi connectivity index (χ0n) is 10.8. The number of carbonyl (C=O) groups excluding carboxylic acids is 1. The van der Waals surface area contributed by atoms with Gasteiger partial charge in [0.1, 0.15) is 12.4 Å². The highest BCUT2D eigenvalue weighted by atomic mass is 32.1. The first-order valence-corrected chi connectivity index (χ1v) is 6.76. The number of nitrogen functional groups attached to an aromatic ring is 1. The van der Waals surface area contributed by atoms with Crippen LogP contribution in [0, 0.1) is 0 Å². The highest BCUT2D eigenvalue weighted by Crippen LogP contribution is 2.46. The zero-order valence-corrected chi connectivity index (χ0v) is 11.6. The molecule has 0 fully saturated rings. The van der Waals surface area contributed by atoms with E-state index in [0.717, 1.165) is 21.8 Å². The van der Waals surface area contributed by atoms with Crippen LogP contribution in [0.25, 0.3) is 11.1 Å². The van der Waals surface area contributed by atoms with Crippen molar-refractivity contribution in [3.05, 3.63) is 34.7 Å². The Morgan fingerprint density at radius 2 is 2.11 bits per heavy atom. The van der Waals surface area contributed by atoms with Crippen LogP contribution >= 0.6 is 11.3 Å². The van der Waals surface area contributed by atoms with Gasteiger partial charge in [-0.05, 0) is 6.07 Å². The molecule has 5 heteroatoms. The minimum atomic E-state index is -0.0632. The summed E-state index contributed by atoms with van der Waals surface area (Å²) in [6, 6.07) is 7.74. The second-order valence-corrected chi connectivity index (χ2v) is 5.76. The minimum absolute atomic E-state index is 0.0632. The van der Waals surface area contributed by atoms with E-state index in [2.05, 4.69) is 0 Å². The largest absolute Gasteiger partial charge is 0.487 e. The van der Waals surface area contributed by atoms with Gasteiger partial charge < -0.3 is 15.4 Å². The molecule has 2 heterocycles. The van der Waals surface area contributed by atoms with E-state index in [-0.39, 0.29) is 5.91 Å². The summed E-state index contributed by atoms with van der Waals surface area (Å²) in [6.45, 7) is 0.474. The van der Waals surface area contributed by atoms with Crippen LogP contribution in [-0.4, -0.2) is 24.9 Å². The van der Waals surface area contributed by atoms with Crippen LogP contribution in [0.3, 0.4) is 0 Å². The maximum absolute atomic E-state index is 12.3. The van der Waals surface area contributed by atoms with Gasteiger partial charge in [-0.1, -0.05) is 18.2 Å². The third kappa shape index (κ3) is 1.77. The summed E-state index contributed by atoms with van der Waals surface area (Å²) in [5.74, 6) is 0.743. The lowest BCUT2D eigenvalue weighted by Gasteiger charge is -2.19. The van der Waals surface area contributed by atoms with E-state index < -0.39 is 0 Å². The summed E-state index contributed by atoms with van der Waals surface area (Å²) in [5, 5.41) is 0.559. The molecule has 98 valence electrons. The number of benzene rings is 1. The summed E-state index contributed by atoms with van der Waals surface area (Å²) in [4.78, 5) is 14.9. The highest BCUT2D eigenvalue weighted by Gasteiger charge is 2.28. The van der Waals surface area contributed by atoms with Gasteiger partial charge in [-0.25, -0.2) is 0 Å². The normalized spacial score (nSPS) is 12.3.